The van der Waals surface area contributed by atoms with Crippen molar-refractivity contribution in [1.82, 2.24) is 10.6 Å². The molecule has 214 valence electrons. The van der Waals surface area contributed by atoms with E-state index in [9.17, 15) is 28.8 Å². The summed E-state index contributed by atoms with van der Waals surface area (Å²) in [5, 5.41) is 4.80. The van der Waals surface area contributed by atoms with Crippen LogP contribution < -0.4 is 16.4 Å². The molecule has 0 aliphatic carbocycles. The van der Waals surface area contributed by atoms with Crippen molar-refractivity contribution in [3.05, 3.63) is 23.7 Å². The van der Waals surface area contributed by atoms with E-state index in [1.54, 1.807) is 20.8 Å². The summed E-state index contributed by atoms with van der Waals surface area (Å²) in [6.45, 7) is 8.22. The molecule has 0 aromatic carbocycles. The van der Waals surface area contributed by atoms with Gasteiger partial charge in [0.05, 0.1) is 0 Å². The Morgan fingerprint density at radius 1 is 0.872 bits per heavy atom. The van der Waals surface area contributed by atoms with Crippen LogP contribution in [0.5, 0.6) is 0 Å². The van der Waals surface area contributed by atoms with Gasteiger partial charge in [-0.15, -0.1) is 0 Å². The summed E-state index contributed by atoms with van der Waals surface area (Å²) in [6, 6.07) is -3.77. The first kappa shape index (κ1) is 34.7. The van der Waals surface area contributed by atoms with Crippen molar-refractivity contribution in [2.24, 2.45) is 5.73 Å². The number of carbonyl (C=O) groups excluding carboxylic acids is 6. The molecule has 3 atom stereocenters. The van der Waals surface area contributed by atoms with Gasteiger partial charge in [0.25, 0.3) is 0 Å². The SMILES string of the molecule is C=CCOC(=O)[C@H](CCC(=O)C=[N+]=[N-])NC(=O)[C@H](CCC(=O)C=[N+]=[N-])NC(=O)CC[C@H](N)C(=O)OC(C)(C)C. The molecule has 39 heavy (non-hydrogen) atoms. The Morgan fingerprint density at radius 3 is 1.90 bits per heavy atom. The average Bonchev–Trinajstić information content (AvgIpc) is 2.85. The molecule has 0 radical (unpaired) electrons. The zero-order chi connectivity index (χ0) is 30.0. The maximum Gasteiger partial charge on any atom is 0.328 e. The lowest BCUT2D eigenvalue weighted by Crippen LogP contribution is -2.52. The monoisotopic (exact) mass is 549 g/mol. The minimum atomic E-state index is -1.34. The van der Waals surface area contributed by atoms with E-state index in [-0.39, 0.29) is 45.1 Å². The summed E-state index contributed by atoms with van der Waals surface area (Å²) < 4.78 is 10.1. The van der Waals surface area contributed by atoms with Crippen molar-refractivity contribution in [2.45, 2.75) is 83.0 Å². The van der Waals surface area contributed by atoms with Crippen LogP contribution in [-0.4, -0.2) is 87.7 Å². The van der Waals surface area contributed by atoms with Crippen molar-refractivity contribution in [3.8, 4) is 0 Å². The van der Waals surface area contributed by atoms with Crippen LogP contribution in [0.4, 0.5) is 0 Å². The van der Waals surface area contributed by atoms with Crippen molar-refractivity contribution in [1.29, 1.82) is 0 Å². The van der Waals surface area contributed by atoms with Gasteiger partial charge in [-0.25, -0.2) is 4.79 Å². The highest BCUT2D eigenvalue weighted by Gasteiger charge is 2.29. The molecule has 0 saturated heterocycles. The van der Waals surface area contributed by atoms with Gasteiger partial charge in [-0.2, -0.15) is 9.58 Å². The molecule has 0 bridgehead atoms. The van der Waals surface area contributed by atoms with Gasteiger partial charge < -0.3 is 36.9 Å². The van der Waals surface area contributed by atoms with Crippen molar-refractivity contribution in [3.63, 3.8) is 0 Å². The van der Waals surface area contributed by atoms with Gasteiger partial charge >= 0.3 is 24.4 Å². The fourth-order valence-corrected chi connectivity index (χ4v) is 2.91. The number of carbonyl (C=O) groups is 6. The van der Waals surface area contributed by atoms with Crippen LogP contribution in [0.3, 0.4) is 0 Å². The number of ether oxygens (including phenoxy) is 2. The van der Waals surface area contributed by atoms with Gasteiger partial charge in [0.15, 0.2) is 0 Å². The number of nitrogens with two attached hydrogens (primary N) is 1. The molecule has 0 rings (SSSR count). The standard InChI is InChI=1S/C24H35N7O8/c1-5-12-38-23(37)19(10-7-16(33)14-29-27)31-21(35)18(9-6-15(32)13-28-26)30-20(34)11-8-17(25)22(36)39-24(2,3)4/h5,13-14,17-19H,1,6-12,25H2,2-4H3,(H,30,34)(H,31,35)/t17-,18-,19-/m0/s1. The fourth-order valence-electron chi connectivity index (χ4n) is 2.91. The molecule has 0 aliphatic heterocycles. The van der Waals surface area contributed by atoms with E-state index in [2.05, 4.69) is 26.8 Å². The van der Waals surface area contributed by atoms with E-state index in [0.29, 0.717) is 12.4 Å². The van der Waals surface area contributed by atoms with Crippen molar-refractivity contribution >= 4 is 47.7 Å². The van der Waals surface area contributed by atoms with E-state index in [1.807, 2.05) is 0 Å². The number of hydrogen-bond donors (Lipinski definition) is 3. The zero-order valence-corrected chi connectivity index (χ0v) is 22.3. The summed E-state index contributed by atoms with van der Waals surface area (Å²) in [7, 11) is 0. The Bertz CT molecular complexity index is 1020. The maximum atomic E-state index is 13.0. The Balaban J connectivity index is 5.53. The number of nitrogens with zero attached hydrogens (tertiary/aromatic N) is 4. The number of hydrogen-bond acceptors (Lipinski definition) is 9. The molecule has 4 N–H and O–H groups in total. The summed E-state index contributed by atoms with van der Waals surface area (Å²) in [6.07, 6.45) is 1.11. The summed E-state index contributed by atoms with van der Waals surface area (Å²) in [5.74, 6) is -4.44. The first-order valence-corrected chi connectivity index (χ1v) is 12.0. The van der Waals surface area contributed by atoms with Crippen LogP contribution in [-0.2, 0) is 38.2 Å². The van der Waals surface area contributed by atoms with E-state index < -0.39 is 59.0 Å². The molecular weight excluding hydrogens is 514 g/mol. The van der Waals surface area contributed by atoms with Gasteiger partial charge in [0, 0.05) is 19.3 Å². The van der Waals surface area contributed by atoms with Crippen LogP contribution in [0, 0.1) is 0 Å². The first-order chi connectivity index (χ1) is 18.2. The molecule has 0 saturated carbocycles. The third-order valence-corrected chi connectivity index (χ3v) is 4.75. The highest BCUT2D eigenvalue weighted by atomic mass is 16.6. The summed E-state index contributed by atoms with van der Waals surface area (Å²) in [4.78, 5) is 78.7. The third-order valence-electron chi connectivity index (χ3n) is 4.75. The van der Waals surface area contributed by atoms with E-state index >= 15 is 0 Å². The lowest BCUT2D eigenvalue weighted by molar-refractivity contribution is -0.156. The highest BCUT2D eigenvalue weighted by molar-refractivity contribution is 6.25. The topological polar surface area (TPSA) is 244 Å². The van der Waals surface area contributed by atoms with Gasteiger partial charge in [-0.3, -0.25) is 24.0 Å². The number of esters is 2. The van der Waals surface area contributed by atoms with Crippen molar-refractivity contribution in [2.75, 3.05) is 6.61 Å². The highest BCUT2D eigenvalue weighted by Crippen LogP contribution is 2.10. The van der Waals surface area contributed by atoms with E-state index in [0.717, 1.165) is 0 Å². The van der Waals surface area contributed by atoms with Crippen LogP contribution >= 0.6 is 0 Å². The van der Waals surface area contributed by atoms with E-state index in [4.69, 9.17) is 26.3 Å². The van der Waals surface area contributed by atoms with Crippen LogP contribution in [0.15, 0.2) is 12.7 Å². The Labute approximate surface area is 225 Å². The first-order valence-electron chi connectivity index (χ1n) is 12.0. The quantitative estimate of drug-likeness (QED) is 0.0650. The van der Waals surface area contributed by atoms with Crippen LogP contribution in [0.1, 0.15) is 59.3 Å². The number of amides is 2. The fraction of sp³-hybridized carbons (Fsp3) is 0.583. The molecule has 0 aliphatic rings. The molecule has 0 aromatic heterocycles. The van der Waals surface area contributed by atoms with Crippen LogP contribution in [0.25, 0.3) is 11.1 Å². The normalized spacial score (nSPS) is 12.7. The van der Waals surface area contributed by atoms with Crippen LogP contribution in [0.2, 0.25) is 0 Å². The predicted molar refractivity (Wildman–Crippen MR) is 136 cm³/mol. The molecule has 0 fully saturated rings. The molecule has 0 heterocycles. The molecule has 0 aromatic rings. The smallest absolute Gasteiger partial charge is 0.328 e. The lowest BCUT2D eigenvalue weighted by Gasteiger charge is -2.23. The van der Waals surface area contributed by atoms with Gasteiger partial charge in [0.1, 0.15) is 30.3 Å². The summed E-state index contributed by atoms with van der Waals surface area (Å²) >= 11 is 0. The second-order valence-electron chi connectivity index (χ2n) is 9.28. The molecule has 0 unspecified atom stereocenters. The lowest BCUT2D eigenvalue weighted by atomic mass is 10.0. The van der Waals surface area contributed by atoms with E-state index in [1.165, 1.54) is 6.08 Å². The Kier molecular flexibility index (Phi) is 16.0. The molecule has 2 amide bonds. The number of rotatable bonds is 18. The molecular formula is C24H35N7O8. The maximum absolute atomic E-state index is 13.0. The average molecular weight is 550 g/mol. The number of ketones is 2. The number of Topliss-reactive ketones (excluding diaryl/α,β-unsaturated/α-hetero) is 2. The number of nitrogens with one attached hydrogen (secondary N) is 2. The van der Waals surface area contributed by atoms with Gasteiger partial charge in [-0.1, -0.05) is 12.7 Å². The largest absolute Gasteiger partial charge is 0.460 e. The summed E-state index contributed by atoms with van der Waals surface area (Å²) in [5.41, 5.74) is 22.0. The third kappa shape index (κ3) is 16.2. The minimum Gasteiger partial charge on any atom is -0.460 e. The van der Waals surface area contributed by atoms with Crippen molar-refractivity contribution < 1.29 is 47.8 Å². The Hall–Kier alpha value is -4.32. The Morgan fingerprint density at radius 2 is 1.41 bits per heavy atom. The van der Waals surface area contributed by atoms with Gasteiger partial charge in [0.2, 0.25) is 23.4 Å². The second kappa shape index (κ2) is 18.0. The van der Waals surface area contributed by atoms with Gasteiger partial charge in [-0.05, 0) is 40.0 Å². The molecule has 15 heteroatoms. The second-order valence-corrected chi connectivity index (χ2v) is 9.28. The zero-order valence-electron chi connectivity index (χ0n) is 22.3. The molecule has 0 spiro atoms. The molecule has 15 nitrogen and oxygen atoms in total. The minimum absolute atomic E-state index is 0.101. The predicted octanol–water partition coefficient (Wildman–Crippen LogP) is -0.566.